The zero-order valence-electron chi connectivity index (χ0n) is 19.2. The molecule has 0 spiro atoms. The summed E-state index contributed by atoms with van der Waals surface area (Å²) in [6, 6.07) is 17.1. The first-order valence-electron chi connectivity index (χ1n) is 10.7. The summed E-state index contributed by atoms with van der Waals surface area (Å²) in [5.74, 6) is 0.630. The first-order valence-corrected chi connectivity index (χ1v) is 11.6. The van der Waals surface area contributed by atoms with Crippen LogP contribution in [0.5, 0.6) is 5.75 Å². The number of likely N-dealkylation sites (N-methyl/N-ethyl adjacent to an activating group) is 1. The summed E-state index contributed by atoms with van der Waals surface area (Å²) in [5, 5.41) is 12.0. The van der Waals surface area contributed by atoms with Gasteiger partial charge in [0.05, 0.1) is 22.3 Å². The van der Waals surface area contributed by atoms with Gasteiger partial charge in [0.25, 0.3) is 0 Å². The number of rotatable bonds is 10. The van der Waals surface area contributed by atoms with E-state index in [0.717, 1.165) is 28.4 Å². The Morgan fingerprint density at radius 3 is 2.58 bits per heavy atom. The normalized spacial score (nSPS) is 11.0. The summed E-state index contributed by atoms with van der Waals surface area (Å²) in [6.45, 7) is 4.18. The highest BCUT2D eigenvalue weighted by Gasteiger charge is 2.12. The molecule has 6 nitrogen and oxygen atoms in total. The standard InChI is InChI=1S/C26H28N4O2S/c1-20-28-24(19-33-20)18-32-25-7-5-4-6-23(25)12-13-26(31)30(15-14-29(2)3)17-22-10-8-21(16-27)9-11-22/h4-13,19H,14-15,17-18H2,1-3H3/b13-12+. The van der Waals surface area contributed by atoms with E-state index in [4.69, 9.17) is 10.00 Å². The SMILES string of the molecule is Cc1nc(COc2ccccc2/C=C/C(=O)N(CCN(C)C)Cc2ccc(C#N)cc2)cs1. The van der Waals surface area contributed by atoms with Gasteiger partial charge < -0.3 is 14.5 Å². The molecule has 0 saturated heterocycles. The highest BCUT2D eigenvalue weighted by atomic mass is 32.1. The van der Waals surface area contributed by atoms with Crippen LogP contribution in [0.15, 0.2) is 60.0 Å². The van der Waals surface area contributed by atoms with Crippen LogP contribution in [0.1, 0.15) is 27.4 Å². The van der Waals surface area contributed by atoms with E-state index in [1.165, 1.54) is 0 Å². The van der Waals surface area contributed by atoms with Gasteiger partial charge in [-0.05, 0) is 50.9 Å². The molecule has 0 atom stereocenters. The van der Waals surface area contributed by atoms with Gasteiger partial charge in [0.15, 0.2) is 0 Å². The predicted molar refractivity (Wildman–Crippen MR) is 132 cm³/mol. The topological polar surface area (TPSA) is 69.5 Å². The fourth-order valence-corrected chi connectivity index (χ4v) is 3.73. The third kappa shape index (κ3) is 7.56. The minimum absolute atomic E-state index is 0.0776. The molecule has 0 unspecified atom stereocenters. The van der Waals surface area contributed by atoms with Gasteiger partial charge in [0, 0.05) is 36.7 Å². The summed E-state index contributed by atoms with van der Waals surface area (Å²) in [6.07, 6.45) is 3.39. The number of thiazole rings is 1. The lowest BCUT2D eigenvalue weighted by atomic mass is 10.1. The van der Waals surface area contributed by atoms with Crippen molar-refractivity contribution in [2.75, 3.05) is 27.2 Å². The average Bonchev–Trinajstić information content (AvgIpc) is 3.24. The van der Waals surface area contributed by atoms with Crippen LogP contribution in [0.2, 0.25) is 0 Å². The molecule has 3 aromatic rings. The first-order chi connectivity index (χ1) is 15.9. The Morgan fingerprint density at radius 1 is 1.15 bits per heavy atom. The fourth-order valence-electron chi connectivity index (χ4n) is 3.14. The molecule has 0 aliphatic rings. The molecular weight excluding hydrogens is 432 g/mol. The van der Waals surface area contributed by atoms with Gasteiger partial charge in [-0.3, -0.25) is 4.79 Å². The fraction of sp³-hybridized carbons (Fsp3) is 0.269. The molecule has 7 heteroatoms. The highest BCUT2D eigenvalue weighted by Crippen LogP contribution is 2.21. The number of aryl methyl sites for hydroxylation is 1. The van der Waals surface area contributed by atoms with Crippen LogP contribution in [-0.4, -0.2) is 47.9 Å². The number of amides is 1. The Kier molecular flexibility index (Phi) is 8.76. The van der Waals surface area contributed by atoms with Crippen molar-refractivity contribution in [3.63, 3.8) is 0 Å². The first kappa shape index (κ1) is 24.2. The Bertz CT molecular complexity index is 1130. The number of hydrogen-bond donors (Lipinski definition) is 0. The number of nitriles is 1. The molecule has 33 heavy (non-hydrogen) atoms. The van der Waals surface area contributed by atoms with E-state index < -0.39 is 0 Å². The molecule has 170 valence electrons. The zero-order chi connectivity index (χ0) is 23.6. The molecule has 0 bridgehead atoms. The number of aromatic nitrogens is 1. The summed E-state index contributed by atoms with van der Waals surface area (Å²) in [4.78, 5) is 21.4. The Balaban J connectivity index is 1.71. The van der Waals surface area contributed by atoms with Crippen LogP contribution in [-0.2, 0) is 17.9 Å². The Morgan fingerprint density at radius 2 is 1.91 bits per heavy atom. The van der Waals surface area contributed by atoms with Crippen molar-refractivity contribution in [3.8, 4) is 11.8 Å². The lowest BCUT2D eigenvalue weighted by Gasteiger charge is -2.23. The summed E-state index contributed by atoms with van der Waals surface area (Å²) in [7, 11) is 3.97. The van der Waals surface area contributed by atoms with Crippen LogP contribution in [0.25, 0.3) is 6.08 Å². The van der Waals surface area contributed by atoms with E-state index in [1.807, 2.05) is 67.7 Å². The number of para-hydroxylation sites is 1. The number of benzene rings is 2. The molecule has 2 aromatic carbocycles. The molecular formula is C26H28N4O2S. The lowest BCUT2D eigenvalue weighted by Crippen LogP contribution is -2.35. The van der Waals surface area contributed by atoms with E-state index in [9.17, 15) is 4.79 Å². The number of carbonyl (C=O) groups is 1. The van der Waals surface area contributed by atoms with Crippen LogP contribution >= 0.6 is 11.3 Å². The lowest BCUT2D eigenvalue weighted by molar-refractivity contribution is -0.126. The van der Waals surface area contributed by atoms with Crippen molar-refractivity contribution >= 4 is 23.3 Å². The third-order valence-electron chi connectivity index (χ3n) is 4.95. The van der Waals surface area contributed by atoms with Gasteiger partial charge in [-0.2, -0.15) is 5.26 Å². The molecule has 0 saturated carbocycles. The van der Waals surface area contributed by atoms with Crippen molar-refractivity contribution < 1.29 is 9.53 Å². The molecule has 1 amide bonds. The van der Waals surface area contributed by atoms with Crippen LogP contribution < -0.4 is 4.74 Å². The van der Waals surface area contributed by atoms with Crippen LogP contribution in [0.4, 0.5) is 0 Å². The monoisotopic (exact) mass is 460 g/mol. The average molecular weight is 461 g/mol. The number of ether oxygens (including phenoxy) is 1. The smallest absolute Gasteiger partial charge is 0.246 e. The molecule has 0 radical (unpaired) electrons. The molecule has 0 N–H and O–H groups in total. The maximum atomic E-state index is 13.1. The van der Waals surface area contributed by atoms with Crippen molar-refractivity contribution in [3.05, 3.63) is 87.4 Å². The van der Waals surface area contributed by atoms with E-state index >= 15 is 0 Å². The summed E-state index contributed by atoms with van der Waals surface area (Å²) in [5.41, 5.74) is 3.32. The quantitative estimate of drug-likeness (QED) is 0.417. The molecule has 1 heterocycles. The predicted octanol–water partition coefficient (Wildman–Crippen LogP) is 4.51. The van der Waals surface area contributed by atoms with E-state index in [2.05, 4.69) is 11.1 Å². The second-order valence-corrected chi connectivity index (χ2v) is 8.95. The van der Waals surface area contributed by atoms with E-state index in [0.29, 0.717) is 31.0 Å². The minimum Gasteiger partial charge on any atom is -0.487 e. The van der Waals surface area contributed by atoms with Gasteiger partial charge in [0.1, 0.15) is 12.4 Å². The van der Waals surface area contributed by atoms with Gasteiger partial charge in [0.2, 0.25) is 5.91 Å². The maximum Gasteiger partial charge on any atom is 0.246 e. The second-order valence-electron chi connectivity index (χ2n) is 7.89. The van der Waals surface area contributed by atoms with Crippen molar-refractivity contribution in [2.24, 2.45) is 0 Å². The van der Waals surface area contributed by atoms with Crippen molar-refractivity contribution in [1.82, 2.24) is 14.8 Å². The Hall–Kier alpha value is -3.47. The number of nitrogens with zero attached hydrogens (tertiary/aromatic N) is 4. The molecule has 1 aromatic heterocycles. The van der Waals surface area contributed by atoms with Gasteiger partial charge in [-0.15, -0.1) is 11.3 Å². The van der Waals surface area contributed by atoms with Crippen LogP contribution in [0, 0.1) is 18.3 Å². The van der Waals surface area contributed by atoms with Crippen molar-refractivity contribution in [2.45, 2.75) is 20.1 Å². The molecule has 0 aliphatic carbocycles. The van der Waals surface area contributed by atoms with Crippen molar-refractivity contribution in [1.29, 1.82) is 5.26 Å². The highest BCUT2D eigenvalue weighted by molar-refractivity contribution is 7.09. The summed E-state index contributed by atoms with van der Waals surface area (Å²) < 4.78 is 5.96. The second kappa shape index (κ2) is 12.0. The Labute approximate surface area is 199 Å². The molecule has 3 rings (SSSR count). The van der Waals surface area contributed by atoms with Crippen LogP contribution in [0.3, 0.4) is 0 Å². The largest absolute Gasteiger partial charge is 0.487 e. The zero-order valence-corrected chi connectivity index (χ0v) is 20.0. The maximum absolute atomic E-state index is 13.1. The molecule has 0 fully saturated rings. The number of carbonyl (C=O) groups excluding carboxylic acids is 1. The third-order valence-corrected chi connectivity index (χ3v) is 5.77. The molecule has 0 aliphatic heterocycles. The van der Waals surface area contributed by atoms with Gasteiger partial charge in [-0.1, -0.05) is 30.3 Å². The minimum atomic E-state index is -0.0776. The van der Waals surface area contributed by atoms with E-state index in [1.54, 1.807) is 40.5 Å². The summed E-state index contributed by atoms with van der Waals surface area (Å²) >= 11 is 1.60. The van der Waals surface area contributed by atoms with Gasteiger partial charge >= 0.3 is 0 Å². The van der Waals surface area contributed by atoms with Gasteiger partial charge in [-0.25, -0.2) is 4.98 Å². The van der Waals surface area contributed by atoms with E-state index in [-0.39, 0.29) is 5.91 Å². The number of hydrogen-bond acceptors (Lipinski definition) is 6.